The fraction of sp³-hybridized carbons (Fsp3) is 0.273. The molecule has 28 heavy (non-hydrogen) atoms. The molecular weight excluding hydrogens is 352 g/mol. The lowest BCUT2D eigenvalue weighted by Gasteiger charge is -2.17. The van der Waals surface area contributed by atoms with Crippen LogP contribution >= 0.6 is 0 Å². The molecule has 6 nitrogen and oxygen atoms in total. The van der Waals surface area contributed by atoms with Crippen LogP contribution in [-0.4, -0.2) is 37.0 Å². The Hall–Kier alpha value is -3.30. The molecule has 0 fully saturated rings. The topological polar surface area (TPSA) is 77.4 Å². The molecule has 0 bridgehead atoms. The maximum Gasteiger partial charge on any atom is 0.267 e. The van der Waals surface area contributed by atoms with Crippen molar-refractivity contribution in [2.45, 2.75) is 13.8 Å². The van der Waals surface area contributed by atoms with E-state index >= 15 is 0 Å². The van der Waals surface area contributed by atoms with Crippen molar-refractivity contribution in [1.29, 1.82) is 5.26 Å². The van der Waals surface area contributed by atoms with E-state index in [1.54, 1.807) is 24.3 Å². The van der Waals surface area contributed by atoms with Crippen LogP contribution in [0.2, 0.25) is 0 Å². The zero-order valence-corrected chi connectivity index (χ0v) is 16.3. The van der Waals surface area contributed by atoms with Gasteiger partial charge in [-0.15, -0.1) is 0 Å². The first-order chi connectivity index (χ1) is 13.7. The highest BCUT2D eigenvalue weighted by Gasteiger charge is 2.09. The van der Waals surface area contributed by atoms with E-state index in [-0.39, 0.29) is 5.57 Å². The third-order valence-corrected chi connectivity index (χ3v) is 4.17. The fourth-order valence-corrected chi connectivity index (χ4v) is 2.51. The Morgan fingerprint density at radius 1 is 1.07 bits per heavy atom. The van der Waals surface area contributed by atoms with Gasteiger partial charge >= 0.3 is 0 Å². The van der Waals surface area contributed by atoms with E-state index in [4.69, 9.17) is 4.74 Å². The highest BCUT2D eigenvalue weighted by molar-refractivity contribution is 6.06. The SMILES string of the molecule is CCN(CC)CCN/C=C(/C#N)C(=O)Nc1ccc(Oc2ccccc2)cc1. The van der Waals surface area contributed by atoms with Gasteiger partial charge in [-0.05, 0) is 49.5 Å². The molecule has 0 spiro atoms. The maximum absolute atomic E-state index is 12.3. The summed E-state index contributed by atoms with van der Waals surface area (Å²) in [6.45, 7) is 7.67. The second kappa shape index (κ2) is 11.4. The van der Waals surface area contributed by atoms with E-state index in [0.717, 1.165) is 25.4 Å². The van der Waals surface area contributed by atoms with E-state index in [9.17, 15) is 10.1 Å². The molecule has 0 aliphatic carbocycles. The van der Waals surface area contributed by atoms with Gasteiger partial charge in [-0.2, -0.15) is 5.26 Å². The van der Waals surface area contributed by atoms with Crippen LogP contribution in [0.4, 0.5) is 5.69 Å². The van der Waals surface area contributed by atoms with Crippen molar-refractivity contribution in [2.75, 3.05) is 31.5 Å². The first-order valence-electron chi connectivity index (χ1n) is 9.36. The van der Waals surface area contributed by atoms with Crippen molar-refractivity contribution in [3.05, 3.63) is 66.4 Å². The van der Waals surface area contributed by atoms with Crippen LogP contribution in [0.5, 0.6) is 11.5 Å². The molecule has 146 valence electrons. The zero-order valence-electron chi connectivity index (χ0n) is 16.3. The van der Waals surface area contributed by atoms with Crippen LogP contribution in [-0.2, 0) is 4.79 Å². The van der Waals surface area contributed by atoms with Gasteiger partial charge in [-0.25, -0.2) is 0 Å². The summed E-state index contributed by atoms with van der Waals surface area (Å²) in [5.41, 5.74) is 0.624. The summed E-state index contributed by atoms with van der Waals surface area (Å²) in [6, 6.07) is 18.4. The van der Waals surface area contributed by atoms with Gasteiger partial charge in [-0.3, -0.25) is 4.79 Å². The van der Waals surface area contributed by atoms with Gasteiger partial charge in [0.15, 0.2) is 0 Å². The molecule has 0 aromatic heterocycles. The van der Waals surface area contributed by atoms with Crippen LogP contribution in [0.25, 0.3) is 0 Å². The highest BCUT2D eigenvalue weighted by Crippen LogP contribution is 2.22. The molecule has 2 N–H and O–H groups in total. The molecule has 6 heteroatoms. The summed E-state index contributed by atoms with van der Waals surface area (Å²) in [7, 11) is 0. The fourth-order valence-electron chi connectivity index (χ4n) is 2.51. The maximum atomic E-state index is 12.3. The minimum Gasteiger partial charge on any atom is -0.457 e. The van der Waals surface area contributed by atoms with Gasteiger partial charge in [0.25, 0.3) is 5.91 Å². The first-order valence-corrected chi connectivity index (χ1v) is 9.36. The molecule has 0 radical (unpaired) electrons. The van der Waals surface area contributed by atoms with E-state index in [2.05, 4.69) is 29.4 Å². The third-order valence-electron chi connectivity index (χ3n) is 4.17. The van der Waals surface area contributed by atoms with Crippen molar-refractivity contribution in [3.8, 4) is 17.6 Å². The van der Waals surface area contributed by atoms with Crippen molar-refractivity contribution in [2.24, 2.45) is 0 Å². The number of ether oxygens (including phenoxy) is 1. The van der Waals surface area contributed by atoms with E-state index < -0.39 is 5.91 Å². The Bertz CT molecular complexity index is 807. The Kier molecular flexibility index (Phi) is 8.57. The molecule has 0 saturated carbocycles. The van der Waals surface area contributed by atoms with Crippen molar-refractivity contribution < 1.29 is 9.53 Å². The number of likely N-dealkylation sites (N-methyl/N-ethyl adjacent to an activating group) is 1. The summed E-state index contributed by atoms with van der Waals surface area (Å²) in [6.07, 6.45) is 1.46. The van der Waals surface area contributed by atoms with Crippen molar-refractivity contribution >= 4 is 11.6 Å². The van der Waals surface area contributed by atoms with E-state index in [1.807, 2.05) is 36.4 Å². The van der Waals surface area contributed by atoms with Crippen LogP contribution in [0.15, 0.2) is 66.4 Å². The van der Waals surface area contributed by atoms with Gasteiger partial charge in [0.1, 0.15) is 23.1 Å². The zero-order chi connectivity index (χ0) is 20.2. The quantitative estimate of drug-likeness (QED) is 0.374. The summed E-state index contributed by atoms with van der Waals surface area (Å²) in [4.78, 5) is 14.5. The number of nitrogens with one attached hydrogen (secondary N) is 2. The average molecular weight is 378 g/mol. The van der Waals surface area contributed by atoms with E-state index in [1.165, 1.54) is 6.20 Å². The van der Waals surface area contributed by atoms with Gasteiger partial charge in [-0.1, -0.05) is 32.0 Å². The van der Waals surface area contributed by atoms with Crippen LogP contribution in [0.1, 0.15) is 13.8 Å². The number of anilines is 1. The summed E-state index contributed by atoms with van der Waals surface area (Å²) in [5.74, 6) is 0.956. The number of rotatable bonds is 10. The number of amides is 1. The summed E-state index contributed by atoms with van der Waals surface area (Å²) >= 11 is 0. The smallest absolute Gasteiger partial charge is 0.267 e. The van der Waals surface area contributed by atoms with Crippen LogP contribution in [0.3, 0.4) is 0 Å². The van der Waals surface area contributed by atoms with Crippen molar-refractivity contribution in [1.82, 2.24) is 10.2 Å². The first kappa shape index (κ1) is 21.0. The lowest BCUT2D eigenvalue weighted by atomic mass is 10.2. The number of para-hydroxylation sites is 1. The van der Waals surface area contributed by atoms with Gasteiger partial charge in [0, 0.05) is 25.0 Å². The molecule has 0 aliphatic rings. The molecule has 0 aliphatic heterocycles. The second-order valence-corrected chi connectivity index (χ2v) is 6.04. The van der Waals surface area contributed by atoms with Gasteiger partial charge < -0.3 is 20.3 Å². The number of carbonyl (C=O) groups is 1. The normalized spacial score (nSPS) is 11.0. The Labute approximate surface area is 166 Å². The molecule has 0 unspecified atom stereocenters. The molecular formula is C22H26N4O2. The van der Waals surface area contributed by atoms with E-state index in [0.29, 0.717) is 18.0 Å². The van der Waals surface area contributed by atoms with Crippen LogP contribution in [0, 0.1) is 11.3 Å². The molecule has 0 atom stereocenters. The summed E-state index contributed by atoms with van der Waals surface area (Å²) < 4.78 is 5.72. The predicted molar refractivity (Wildman–Crippen MR) is 111 cm³/mol. The predicted octanol–water partition coefficient (Wildman–Crippen LogP) is 3.76. The Morgan fingerprint density at radius 2 is 1.71 bits per heavy atom. The molecule has 0 saturated heterocycles. The molecule has 2 rings (SSSR count). The standard InChI is InChI=1S/C22H26N4O2/c1-3-26(4-2)15-14-24-17-18(16-23)22(27)25-19-10-12-21(13-11-19)28-20-8-6-5-7-9-20/h5-13,17,24H,3-4,14-15H2,1-2H3,(H,25,27)/b18-17-. The average Bonchev–Trinajstić information content (AvgIpc) is 2.73. The highest BCUT2D eigenvalue weighted by atomic mass is 16.5. The number of nitrogens with zero attached hydrogens (tertiary/aromatic N) is 2. The lowest BCUT2D eigenvalue weighted by Crippen LogP contribution is -2.30. The second-order valence-electron chi connectivity index (χ2n) is 6.04. The minimum absolute atomic E-state index is 0.0316. The van der Waals surface area contributed by atoms with Crippen molar-refractivity contribution in [3.63, 3.8) is 0 Å². The molecule has 1 amide bonds. The number of nitriles is 1. The Morgan fingerprint density at radius 3 is 2.32 bits per heavy atom. The number of carbonyl (C=O) groups excluding carboxylic acids is 1. The lowest BCUT2D eigenvalue weighted by molar-refractivity contribution is -0.112. The number of hydrogen-bond donors (Lipinski definition) is 2. The van der Waals surface area contributed by atoms with Crippen LogP contribution < -0.4 is 15.4 Å². The van der Waals surface area contributed by atoms with Gasteiger partial charge in [0.05, 0.1) is 0 Å². The number of benzene rings is 2. The number of hydrogen-bond acceptors (Lipinski definition) is 5. The third kappa shape index (κ3) is 6.78. The summed E-state index contributed by atoms with van der Waals surface area (Å²) in [5, 5.41) is 15.0. The molecule has 2 aromatic rings. The Balaban J connectivity index is 1.87. The van der Waals surface area contributed by atoms with Gasteiger partial charge in [0.2, 0.25) is 0 Å². The molecule has 2 aromatic carbocycles. The largest absolute Gasteiger partial charge is 0.457 e. The molecule has 0 heterocycles. The minimum atomic E-state index is -0.449. The monoisotopic (exact) mass is 378 g/mol.